The number of carbonyl (C=O) groups excluding carboxylic acids is 1. The fourth-order valence-corrected chi connectivity index (χ4v) is 2.80. The maximum Gasteiger partial charge on any atom is 0.224 e. The lowest BCUT2D eigenvalue weighted by Crippen LogP contribution is -2.46. The van der Waals surface area contributed by atoms with Crippen LogP contribution >= 0.6 is 15.9 Å². The molecule has 0 radical (unpaired) electrons. The summed E-state index contributed by atoms with van der Waals surface area (Å²) >= 11 is 3.42. The van der Waals surface area contributed by atoms with Crippen LogP contribution in [0.3, 0.4) is 0 Å². The van der Waals surface area contributed by atoms with Crippen molar-refractivity contribution in [2.24, 2.45) is 17.8 Å². The maximum absolute atomic E-state index is 11.9. The van der Waals surface area contributed by atoms with E-state index >= 15 is 0 Å². The molecule has 1 amide bonds. The van der Waals surface area contributed by atoms with Crippen molar-refractivity contribution >= 4 is 21.8 Å². The first kappa shape index (κ1) is 10.5. The minimum atomic E-state index is -0.103. The summed E-state index contributed by atoms with van der Waals surface area (Å²) in [6.07, 6.45) is 3.88. The van der Waals surface area contributed by atoms with Crippen LogP contribution in [0.4, 0.5) is 0 Å². The molecule has 0 spiro atoms. The molecule has 2 atom stereocenters. The Morgan fingerprint density at radius 2 is 2.00 bits per heavy atom. The van der Waals surface area contributed by atoms with E-state index in [-0.39, 0.29) is 11.4 Å². The van der Waals surface area contributed by atoms with Gasteiger partial charge in [-0.25, -0.2) is 0 Å². The smallest absolute Gasteiger partial charge is 0.224 e. The summed E-state index contributed by atoms with van der Waals surface area (Å²) < 4.78 is 0. The molecular weight excluding hydrogens is 242 g/mol. The van der Waals surface area contributed by atoms with E-state index in [0.29, 0.717) is 5.92 Å². The quantitative estimate of drug-likeness (QED) is 0.775. The Kier molecular flexibility index (Phi) is 2.63. The highest BCUT2D eigenvalue weighted by molar-refractivity contribution is 9.09. The summed E-state index contributed by atoms with van der Waals surface area (Å²) in [5.41, 5.74) is -0.103. The van der Waals surface area contributed by atoms with E-state index < -0.39 is 0 Å². The predicted octanol–water partition coefficient (Wildman–Crippen LogP) is 2.32. The number of hydrogen-bond acceptors (Lipinski definition) is 1. The zero-order chi connectivity index (χ0) is 10.3. The van der Waals surface area contributed by atoms with Crippen molar-refractivity contribution < 1.29 is 4.79 Å². The lowest BCUT2D eigenvalue weighted by atomic mass is 10.1. The van der Waals surface area contributed by atoms with Crippen LogP contribution < -0.4 is 5.32 Å². The topological polar surface area (TPSA) is 29.1 Å². The second-order valence-corrected chi connectivity index (χ2v) is 5.85. The first-order valence-electron chi connectivity index (χ1n) is 5.43. The summed E-state index contributed by atoms with van der Waals surface area (Å²) in [5.74, 6) is 2.08. The van der Waals surface area contributed by atoms with E-state index in [9.17, 15) is 4.79 Å². The number of rotatable bonds is 3. The fourth-order valence-electron chi connectivity index (χ4n) is 2.66. The molecule has 2 aliphatic rings. The maximum atomic E-state index is 11.9. The van der Waals surface area contributed by atoms with E-state index in [0.717, 1.165) is 17.2 Å². The number of nitrogens with one attached hydrogen (secondary N) is 1. The highest BCUT2D eigenvalue weighted by Crippen LogP contribution is 2.57. The van der Waals surface area contributed by atoms with Gasteiger partial charge in [-0.2, -0.15) is 0 Å². The van der Waals surface area contributed by atoms with Gasteiger partial charge in [0.25, 0.3) is 0 Å². The van der Waals surface area contributed by atoms with Crippen LogP contribution in [0.5, 0.6) is 0 Å². The van der Waals surface area contributed by atoms with E-state index in [1.165, 1.54) is 19.3 Å². The van der Waals surface area contributed by atoms with Crippen molar-refractivity contribution in [3.63, 3.8) is 0 Å². The summed E-state index contributed by atoms with van der Waals surface area (Å²) in [5, 5.41) is 3.92. The molecule has 2 unspecified atom stereocenters. The van der Waals surface area contributed by atoms with Gasteiger partial charge in [-0.1, -0.05) is 22.4 Å². The van der Waals surface area contributed by atoms with Crippen LogP contribution in [0, 0.1) is 17.8 Å². The summed E-state index contributed by atoms with van der Waals surface area (Å²) in [4.78, 5) is 11.9. The van der Waals surface area contributed by atoms with Crippen LogP contribution in [-0.2, 0) is 4.79 Å². The molecule has 0 aromatic heterocycles. The van der Waals surface area contributed by atoms with Crippen molar-refractivity contribution in [3.8, 4) is 0 Å². The Hall–Kier alpha value is -0.0500. The largest absolute Gasteiger partial charge is 0.350 e. The summed E-state index contributed by atoms with van der Waals surface area (Å²) in [6.45, 7) is 4.11. The average Bonchev–Trinajstić information content (AvgIpc) is 2.61. The van der Waals surface area contributed by atoms with Crippen LogP contribution in [0.25, 0.3) is 0 Å². The van der Waals surface area contributed by atoms with Gasteiger partial charge in [0, 0.05) is 16.8 Å². The third kappa shape index (κ3) is 1.83. The van der Waals surface area contributed by atoms with Crippen LogP contribution in [0.2, 0.25) is 0 Å². The highest BCUT2D eigenvalue weighted by atomic mass is 79.9. The zero-order valence-electron chi connectivity index (χ0n) is 8.85. The summed E-state index contributed by atoms with van der Waals surface area (Å²) in [6, 6.07) is 0. The third-order valence-corrected chi connectivity index (χ3v) is 4.91. The Morgan fingerprint density at radius 1 is 1.43 bits per heavy atom. The van der Waals surface area contributed by atoms with Gasteiger partial charge < -0.3 is 5.32 Å². The molecule has 1 N–H and O–H groups in total. The van der Waals surface area contributed by atoms with Gasteiger partial charge in [0.05, 0.1) is 0 Å². The second-order valence-electron chi connectivity index (χ2n) is 5.29. The fraction of sp³-hybridized carbons (Fsp3) is 0.909. The van der Waals surface area contributed by atoms with Crippen molar-refractivity contribution in [2.45, 2.75) is 38.6 Å². The first-order chi connectivity index (χ1) is 6.55. The van der Waals surface area contributed by atoms with Crippen molar-refractivity contribution in [1.82, 2.24) is 5.32 Å². The number of fused-ring (bicyclic) bond motifs is 1. The Bertz CT molecular complexity index is 242. The van der Waals surface area contributed by atoms with Crippen molar-refractivity contribution in [2.75, 3.05) is 5.33 Å². The van der Waals surface area contributed by atoms with Crippen molar-refractivity contribution in [3.05, 3.63) is 0 Å². The molecule has 2 saturated carbocycles. The molecule has 3 heteroatoms. The van der Waals surface area contributed by atoms with Gasteiger partial charge in [-0.05, 0) is 38.5 Å². The van der Waals surface area contributed by atoms with Gasteiger partial charge in [-0.15, -0.1) is 0 Å². The molecule has 0 heterocycles. The van der Waals surface area contributed by atoms with Gasteiger partial charge in [0.2, 0.25) is 5.91 Å². The number of amides is 1. The van der Waals surface area contributed by atoms with E-state index in [4.69, 9.17) is 0 Å². The van der Waals surface area contributed by atoms with Crippen LogP contribution in [0.15, 0.2) is 0 Å². The van der Waals surface area contributed by atoms with Crippen molar-refractivity contribution in [1.29, 1.82) is 0 Å². The van der Waals surface area contributed by atoms with Gasteiger partial charge in [-0.3, -0.25) is 4.79 Å². The number of carbonyl (C=O) groups is 1. The molecule has 0 aromatic carbocycles. The first-order valence-corrected chi connectivity index (χ1v) is 6.55. The van der Waals surface area contributed by atoms with E-state index in [1.54, 1.807) is 0 Å². The normalized spacial score (nSPS) is 35.2. The molecule has 2 nitrogen and oxygen atoms in total. The Labute approximate surface area is 94.0 Å². The molecule has 0 aromatic rings. The lowest BCUT2D eigenvalue weighted by Gasteiger charge is -2.24. The van der Waals surface area contributed by atoms with Crippen LogP contribution in [-0.4, -0.2) is 16.8 Å². The van der Waals surface area contributed by atoms with Gasteiger partial charge >= 0.3 is 0 Å². The minimum absolute atomic E-state index is 0.103. The molecule has 0 saturated heterocycles. The molecule has 2 fully saturated rings. The standard InChI is InChI=1S/C11H18BrNO/c1-11(2,6-12)13-10(14)9-7-4-3-5-8(7)9/h7-9H,3-6H2,1-2H3,(H,13,14). The molecule has 80 valence electrons. The average molecular weight is 260 g/mol. The lowest BCUT2D eigenvalue weighted by molar-refractivity contribution is -0.124. The Balaban J connectivity index is 1.86. The third-order valence-electron chi connectivity index (χ3n) is 3.50. The van der Waals surface area contributed by atoms with E-state index in [1.807, 2.05) is 0 Å². The predicted molar refractivity (Wildman–Crippen MR) is 60.3 cm³/mol. The van der Waals surface area contributed by atoms with Crippen LogP contribution in [0.1, 0.15) is 33.1 Å². The number of alkyl halides is 1. The number of hydrogen-bond donors (Lipinski definition) is 1. The summed E-state index contributed by atoms with van der Waals surface area (Å²) in [7, 11) is 0. The molecule has 14 heavy (non-hydrogen) atoms. The SMILES string of the molecule is CC(C)(CBr)NC(=O)C1C2CCCC21. The molecule has 2 rings (SSSR count). The molecule has 0 bridgehead atoms. The monoisotopic (exact) mass is 259 g/mol. The van der Waals surface area contributed by atoms with Gasteiger partial charge in [0.1, 0.15) is 0 Å². The molecular formula is C11H18BrNO. The second kappa shape index (κ2) is 3.51. The number of halogens is 1. The minimum Gasteiger partial charge on any atom is -0.350 e. The highest BCUT2D eigenvalue weighted by Gasteiger charge is 2.56. The molecule has 2 aliphatic carbocycles. The Morgan fingerprint density at radius 3 is 2.50 bits per heavy atom. The zero-order valence-corrected chi connectivity index (χ0v) is 10.4. The van der Waals surface area contributed by atoms with Gasteiger partial charge in [0.15, 0.2) is 0 Å². The van der Waals surface area contributed by atoms with E-state index in [2.05, 4.69) is 35.1 Å². The molecule has 0 aliphatic heterocycles.